The smallest absolute Gasteiger partial charge is 0.273 e. The topological polar surface area (TPSA) is 64.0 Å². The van der Waals surface area contributed by atoms with Gasteiger partial charge in [0, 0.05) is 6.42 Å². The highest BCUT2D eigenvalue weighted by Crippen LogP contribution is 2.05. The predicted octanol–water partition coefficient (Wildman–Crippen LogP) is 1.90. The minimum atomic E-state index is -0.261. The Bertz CT molecular complexity index is 646. The zero-order chi connectivity index (χ0) is 13.8. The summed E-state index contributed by atoms with van der Waals surface area (Å²) in [5.41, 5.74) is 2.92. The highest BCUT2D eigenvalue weighted by atomic mass is 16.2. The highest BCUT2D eigenvalue weighted by molar-refractivity contribution is 5.84. The molecule has 2 aromatic rings. The van der Waals surface area contributed by atoms with E-state index in [-0.39, 0.29) is 11.5 Å². The maximum atomic E-state index is 12.1. The summed E-state index contributed by atoms with van der Waals surface area (Å²) < 4.78 is 1.14. The molecule has 0 unspecified atom stereocenters. The van der Waals surface area contributed by atoms with Crippen molar-refractivity contribution in [1.82, 2.24) is 9.66 Å². The van der Waals surface area contributed by atoms with Crippen molar-refractivity contribution >= 4 is 16.8 Å². The van der Waals surface area contributed by atoms with Crippen LogP contribution in [0.25, 0.3) is 10.9 Å². The minimum Gasteiger partial charge on any atom is -0.273 e. The second-order valence-corrected chi connectivity index (χ2v) is 4.90. The Morgan fingerprint density at radius 2 is 2.11 bits per heavy atom. The molecular weight excluding hydrogens is 242 g/mol. The molecule has 0 saturated heterocycles. The fourth-order valence-electron chi connectivity index (χ4n) is 1.76. The Balaban J connectivity index is 2.20. The summed E-state index contributed by atoms with van der Waals surface area (Å²) in [7, 11) is 0. The molecule has 0 aliphatic rings. The molecule has 2 rings (SSSR count). The molecular formula is C14H17N3O2. The van der Waals surface area contributed by atoms with E-state index in [1.165, 1.54) is 6.33 Å². The molecule has 0 bridgehead atoms. The van der Waals surface area contributed by atoms with Gasteiger partial charge >= 0.3 is 0 Å². The molecule has 1 aromatic carbocycles. The van der Waals surface area contributed by atoms with Gasteiger partial charge in [0.15, 0.2) is 0 Å². The summed E-state index contributed by atoms with van der Waals surface area (Å²) in [4.78, 5) is 28.0. The highest BCUT2D eigenvalue weighted by Gasteiger charge is 2.07. The van der Waals surface area contributed by atoms with Crippen LogP contribution in [0, 0.1) is 5.92 Å². The molecule has 5 nitrogen and oxygen atoms in total. The van der Waals surface area contributed by atoms with Crippen LogP contribution in [0.2, 0.25) is 0 Å². The number of hydrogen-bond donors (Lipinski definition) is 1. The number of rotatable bonds is 4. The van der Waals surface area contributed by atoms with Crippen LogP contribution in [0.1, 0.15) is 26.7 Å². The Morgan fingerprint density at radius 3 is 2.84 bits per heavy atom. The van der Waals surface area contributed by atoms with E-state index in [2.05, 4.69) is 24.3 Å². The lowest BCUT2D eigenvalue weighted by atomic mass is 10.1. The molecule has 5 heteroatoms. The molecule has 1 aromatic heterocycles. The van der Waals surface area contributed by atoms with Gasteiger partial charge in [0.25, 0.3) is 5.56 Å². The van der Waals surface area contributed by atoms with Gasteiger partial charge in [0.05, 0.1) is 10.9 Å². The second-order valence-electron chi connectivity index (χ2n) is 4.90. The molecule has 1 N–H and O–H groups in total. The number of carbonyl (C=O) groups excluding carboxylic acids is 1. The van der Waals surface area contributed by atoms with E-state index in [1.807, 2.05) is 6.07 Å². The van der Waals surface area contributed by atoms with Crippen LogP contribution in [-0.4, -0.2) is 15.6 Å². The molecule has 0 saturated carbocycles. The minimum absolute atomic E-state index is 0.173. The zero-order valence-corrected chi connectivity index (χ0v) is 11.1. The van der Waals surface area contributed by atoms with Crippen molar-refractivity contribution < 1.29 is 4.79 Å². The quantitative estimate of drug-likeness (QED) is 0.912. The van der Waals surface area contributed by atoms with Gasteiger partial charge in [-0.3, -0.25) is 15.0 Å². The van der Waals surface area contributed by atoms with Gasteiger partial charge in [0.1, 0.15) is 6.33 Å². The largest absolute Gasteiger partial charge is 0.280 e. The molecule has 100 valence electrons. The first-order chi connectivity index (χ1) is 9.08. The summed E-state index contributed by atoms with van der Waals surface area (Å²) in [6.45, 7) is 4.11. The molecule has 0 spiro atoms. The molecule has 1 heterocycles. The van der Waals surface area contributed by atoms with Crippen molar-refractivity contribution in [3.8, 4) is 0 Å². The number of aromatic nitrogens is 2. The summed E-state index contributed by atoms with van der Waals surface area (Å²) in [6, 6.07) is 7.06. The first kappa shape index (κ1) is 13.3. The van der Waals surface area contributed by atoms with Crippen LogP contribution in [-0.2, 0) is 4.79 Å². The fraction of sp³-hybridized carbons (Fsp3) is 0.357. The lowest BCUT2D eigenvalue weighted by Gasteiger charge is -2.09. The van der Waals surface area contributed by atoms with Gasteiger partial charge < -0.3 is 0 Å². The first-order valence-electron chi connectivity index (χ1n) is 6.34. The van der Waals surface area contributed by atoms with Crippen LogP contribution in [0.3, 0.4) is 0 Å². The maximum Gasteiger partial charge on any atom is 0.280 e. The molecule has 0 fully saturated rings. The summed E-state index contributed by atoms with van der Waals surface area (Å²) in [5.74, 6) is 0.282. The summed E-state index contributed by atoms with van der Waals surface area (Å²) in [6.07, 6.45) is 2.54. The molecule has 19 heavy (non-hydrogen) atoms. The van der Waals surface area contributed by atoms with Gasteiger partial charge in [0.2, 0.25) is 5.91 Å². The van der Waals surface area contributed by atoms with E-state index < -0.39 is 0 Å². The Kier molecular flexibility index (Phi) is 3.94. The number of carbonyl (C=O) groups is 1. The Labute approximate surface area is 111 Å². The lowest BCUT2D eigenvalue weighted by Crippen LogP contribution is -2.33. The monoisotopic (exact) mass is 259 g/mol. The van der Waals surface area contributed by atoms with Crippen molar-refractivity contribution in [2.24, 2.45) is 5.92 Å². The van der Waals surface area contributed by atoms with E-state index in [1.54, 1.807) is 18.2 Å². The lowest BCUT2D eigenvalue weighted by molar-refractivity contribution is -0.117. The molecule has 0 atom stereocenters. The Hall–Kier alpha value is -2.17. The number of nitrogens with one attached hydrogen (secondary N) is 1. The molecule has 0 radical (unpaired) electrons. The SMILES string of the molecule is CC(C)CCC(=O)Nn1cnc2ccccc2c1=O. The number of nitrogens with zero attached hydrogens (tertiary/aromatic N) is 2. The van der Waals surface area contributed by atoms with Gasteiger partial charge in [-0.2, -0.15) is 0 Å². The number of benzene rings is 1. The van der Waals surface area contributed by atoms with E-state index in [0.717, 1.165) is 11.1 Å². The van der Waals surface area contributed by atoms with Crippen molar-refractivity contribution in [2.45, 2.75) is 26.7 Å². The van der Waals surface area contributed by atoms with E-state index in [0.29, 0.717) is 23.2 Å². The molecule has 0 aliphatic carbocycles. The van der Waals surface area contributed by atoms with Crippen LogP contribution in [0.15, 0.2) is 35.4 Å². The van der Waals surface area contributed by atoms with Gasteiger partial charge in [-0.25, -0.2) is 9.66 Å². The number of hydrogen-bond acceptors (Lipinski definition) is 3. The fourth-order valence-corrected chi connectivity index (χ4v) is 1.76. The van der Waals surface area contributed by atoms with Crippen LogP contribution in [0.5, 0.6) is 0 Å². The van der Waals surface area contributed by atoms with Gasteiger partial charge in [-0.05, 0) is 24.5 Å². The third kappa shape index (κ3) is 3.19. The maximum absolute atomic E-state index is 12.1. The third-order valence-electron chi connectivity index (χ3n) is 2.86. The van der Waals surface area contributed by atoms with E-state index >= 15 is 0 Å². The van der Waals surface area contributed by atoms with Crippen molar-refractivity contribution in [2.75, 3.05) is 5.43 Å². The molecule has 1 amide bonds. The van der Waals surface area contributed by atoms with Crippen LogP contribution < -0.4 is 11.0 Å². The van der Waals surface area contributed by atoms with Gasteiger partial charge in [-0.15, -0.1) is 0 Å². The van der Waals surface area contributed by atoms with E-state index in [4.69, 9.17) is 0 Å². The number of para-hydroxylation sites is 1. The predicted molar refractivity (Wildman–Crippen MR) is 74.4 cm³/mol. The summed E-state index contributed by atoms with van der Waals surface area (Å²) >= 11 is 0. The van der Waals surface area contributed by atoms with Crippen LogP contribution >= 0.6 is 0 Å². The standard InChI is InChI=1S/C14H17N3O2/c1-10(2)7-8-13(18)16-17-9-15-12-6-4-3-5-11(12)14(17)19/h3-6,9-10H,7-8H2,1-2H3,(H,16,18). The Morgan fingerprint density at radius 1 is 1.37 bits per heavy atom. The first-order valence-corrected chi connectivity index (χ1v) is 6.34. The summed E-state index contributed by atoms with van der Waals surface area (Å²) in [5, 5.41) is 0.495. The number of amides is 1. The van der Waals surface area contributed by atoms with Crippen molar-refractivity contribution in [3.63, 3.8) is 0 Å². The zero-order valence-electron chi connectivity index (χ0n) is 11.1. The van der Waals surface area contributed by atoms with Crippen LogP contribution in [0.4, 0.5) is 0 Å². The molecule has 0 aliphatic heterocycles. The normalized spacial score (nSPS) is 10.9. The van der Waals surface area contributed by atoms with E-state index in [9.17, 15) is 9.59 Å². The van der Waals surface area contributed by atoms with Crippen molar-refractivity contribution in [3.05, 3.63) is 40.9 Å². The average Bonchev–Trinajstić information content (AvgIpc) is 2.40. The third-order valence-corrected chi connectivity index (χ3v) is 2.86. The average molecular weight is 259 g/mol. The van der Waals surface area contributed by atoms with Gasteiger partial charge in [-0.1, -0.05) is 26.0 Å². The number of fused-ring (bicyclic) bond motifs is 1. The van der Waals surface area contributed by atoms with Crippen molar-refractivity contribution in [1.29, 1.82) is 0 Å². The second kappa shape index (κ2) is 5.65.